The highest BCUT2D eigenvalue weighted by atomic mass is 16.4. The Balaban J connectivity index is 0.000000557. The van der Waals surface area contributed by atoms with Gasteiger partial charge in [-0.05, 0) is 12.5 Å². The average Bonchev–Trinajstić information content (AvgIpc) is 2.63. The number of likely N-dealkylation sites (tertiary alicyclic amines) is 1. The minimum absolute atomic E-state index is 0.188. The Hall–Kier alpha value is -1.85. The summed E-state index contributed by atoms with van der Waals surface area (Å²) < 4.78 is 0. The molecule has 1 saturated heterocycles. The van der Waals surface area contributed by atoms with Crippen LogP contribution in [0.15, 0.2) is 12.7 Å². The summed E-state index contributed by atoms with van der Waals surface area (Å²) in [5.41, 5.74) is 0. The van der Waals surface area contributed by atoms with E-state index in [1.54, 1.807) is 4.90 Å². The molecule has 0 bridgehead atoms. The first kappa shape index (κ1) is 15.2. The molecule has 1 aliphatic rings. The highest BCUT2D eigenvalue weighted by molar-refractivity contribution is 5.86. The highest BCUT2D eigenvalue weighted by Gasteiger charge is 2.18. The fourth-order valence-electron chi connectivity index (χ4n) is 1.33. The summed E-state index contributed by atoms with van der Waals surface area (Å²) in [6.45, 7) is 6.36. The van der Waals surface area contributed by atoms with Crippen molar-refractivity contribution in [3.63, 3.8) is 0 Å². The largest absolute Gasteiger partial charge is 0.481 e. The lowest BCUT2D eigenvalue weighted by Gasteiger charge is -2.14. The van der Waals surface area contributed by atoms with Crippen LogP contribution in [0.5, 0.6) is 0 Å². The number of carbonyl (C=O) groups excluding carboxylic acids is 2. The minimum atomic E-state index is -0.833. The molecule has 1 fully saturated rings. The van der Waals surface area contributed by atoms with Crippen molar-refractivity contribution in [2.75, 3.05) is 19.6 Å². The SMILES string of the molecule is C=CC(=O)NCCN1CCCC1=O.CC(=O)O. The van der Waals surface area contributed by atoms with Crippen molar-refractivity contribution in [2.24, 2.45) is 0 Å². The molecule has 1 aliphatic heterocycles. The van der Waals surface area contributed by atoms with Gasteiger partial charge in [-0.2, -0.15) is 0 Å². The van der Waals surface area contributed by atoms with Crippen molar-refractivity contribution >= 4 is 17.8 Å². The van der Waals surface area contributed by atoms with Gasteiger partial charge < -0.3 is 15.3 Å². The van der Waals surface area contributed by atoms with E-state index < -0.39 is 5.97 Å². The molecule has 0 aliphatic carbocycles. The van der Waals surface area contributed by atoms with E-state index in [0.717, 1.165) is 19.9 Å². The maximum Gasteiger partial charge on any atom is 0.300 e. The van der Waals surface area contributed by atoms with Gasteiger partial charge in [-0.1, -0.05) is 6.58 Å². The van der Waals surface area contributed by atoms with Crippen molar-refractivity contribution in [1.29, 1.82) is 0 Å². The monoisotopic (exact) mass is 242 g/mol. The van der Waals surface area contributed by atoms with Crippen LogP contribution >= 0.6 is 0 Å². The second-order valence-corrected chi connectivity index (χ2v) is 3.50. The van der Waals surface area contributed by atoms with Crippen LogP contribution in [0, 0.1) is 0 Å². The zero-order chi connectivity index (χ0) is 13.3. The Kier molecular flexibility index (Phi) is 7.41. The lowest BCUT2D eigenvalue weighted by Crippen LogP contribution is -2.34. The van der Waals surface area contributed by atoms with E-state index in [9.17, 15) is 9.59 Å². The van der Waals surface area contributed by atoms with Crippen molar-refractivity contribution in [2.45, 2.75) is 19.8 Å². The average molecular weight is 242 g/mol. The molecule has 6 nitrogen and oxygen atoms in total. The zero-order valence-electron chi connectivity index (χ0n) is 9.94. The number of rotatable bonds is 4. The van der Waals surface area contributed by atoms with Gasteiger partial charge in [0, 0.05) is 33.0 Å². The van der Waals surface area contributed by atoms with Gasteiger partial charge in [0.1, 0.15) is 0 Å². The minimum Gasteiger partial charge on any atom is -0.481 e. The van der Waals surface area contributed by atoms with E-state index in [1.165, 1.54) is 6.08 Å². The van der Waals surface area contributed by atoms with E-state index in [1.807, 2.05) is 0 Å². The summed E-state index contributed by atoms with van der Waals surface area (Å²) >= 11 is 0. The van der Waals surface area contributed by atoms with Gasteiger partial charge in [0.15, 0.2) is 0 Å². The fraction of sp³-hybridized carbons (Fsp3) is 0.545. The highest BCUT2D eigenvalue weighted by Crippen LogP contribution is 2.07. The number of carboxylic acids is 1. The van der Waals surface area contributed by atoms with Gasteiger partial charge >= 0.3 is 0 Å². The summed E-state index contributed by atoms with van der Waals surface area (Å²) in [5.74, 6) is -0.834. The van der Waals surface area contributed by atoms with Crippen LogP contribution in [0.2, 0.25) is 0 Å². The van der Waals surface area contributed by atoms with Crippen molar-refractivity contribution in [3.8, 4) is 0 Å². The third-order valence-corrected chi connectivity index (χ3v) is 2.04. The van der Waals surface area contributed by atoms with Crippen LogP contribution in [-0.2, 0) is 14.4 Å². The fourth-order valence-corrected chi connectivity index (χ4v) is 1.33. The summed E-state index contributed by atoms with van der Waals surface area (Å²) in [6.07, 6.45) is 2.81. The third kappa shape index (κ3) is 8.01. The molecule has 0 saturated carbocycles. The molecule has 17 heavy (non-hydrogen) atoms. The molecular weight excluding hydrogens is 224 g/mol. The van der Waals surface area contributed by atoms with E-state index in [4.69, 9.17) is 9.90 Å². The van der Waals surface area contributed by atoms with Crippen LogP contribution in [0.3, 0.4) is 0 Å². The zero-order valence-corrected chi connectivity index (χ0v) is 9.94. The lowest BCUT2D eigenvalue weighted by molar-refractivity contribution is -0.134. The molecule has 6 heteroatoms. The molecule has 0 aromatic rings. The van der Waals surface area contributed by atoms with Crippen molar-refractivity contribution in [1.82, 2.24) is 10.2 Å². The number of hydrogen-bond donors (Lipinski definition) is 2. The number of nitrogens with zero attached hydrogens (tertiary/aromatic N) is 1. The standard InChI is InChI=1S/C9H14N2O2.C2H4O2/c1-2-8(12)10-5-7-11-6-3-4-9(11)13;1-2(3)4/h2H,1,3-7H2,(H,10,12);1H3,(H,3,4). The number of aliphatic carboxylic acids is 1. The summed E-state index contributed by atoms with van der Waals surface area (Å²) in [5, 5.41) is 10.0. The molecule has 2 amide bonds. The van der Waals surface area contributed by atoms with Gasteiger partial charge in [0.2, 0.25) is 11.8 Å². The predicted octanol–water partition coefficient (Wildman–Crippen LogP) is 0.00190. The van der Waals surface area contributed by atoms with Gasteiger partial charge in [-0.25, -0.2) is 0 Å². The Labute approximate surface area is 100 Å². The first-order valence-electron chi connectivity index (χ1n) is 5.35. The van der Waals surface area contributed by atoms with Crippen molar-refractivity contribution in [3.05, 3.63) is 12.7 Å². The summed E-state index contributed by atoms with van der Waals surface area (Å²) in [7, 11) is 0. The molecular formula is C11H18N2O4. The summed E-state index contributed by atoms with van der Waals surface area (Å²) in [4.78, 5) is 32.6. The molecule has 0 aromatic carbocycles. The van der Waals surface area contributed by atoms with E-state index in [-0.39, 0.29) is 11.8 Å². The van der Waals surface area contributed by atoms with Crippen molar-refractivity contribution < 1.29 is 19.5 Å². The smallest absolute Gasteiger partial charge is 0.300 e. The molecule has 1 heterocycles. The third-order valence-electron chi connectivity index (χ3n) is 2.04. The molecule has 0 spiro atoms. The maximum absolute atomic E-state index is 11.1. The molecule has 0 atom stereocenters. The number of hydrogen-bond acceptors (Lipinski definition) is 3. The number of nitrogens with one attached hydrogen (secondary N) is 1. The number of amides is 2. The number of carboxylic acid groups (broad SMARTS) is 1. The van der Waals surface area contributed by atoms with Crippen LogP contribution in [0.25, 0.3) is 0 Å². The van der Waals surface area contributed by atoms with E-state index in [2.05, 4.69) is 11.9 Å². The van der Waals surface area contributed by atoms with E-state index >= 15 is 0 Å². The predicted molar refractivity (Wildman–Crippen MR) is 62.3 cm³/mol. The van der Waals surface area contributed by atoms with Crippen LogP contribution in [-0.4, -0.2) is 47.4 Å². The normalized spacial score (nSPS) is 13.7. The first-order chi connectivity index (χ1) is 7.97. The van der Waals surface area contributed by atoms with Gasteiger partial charge in [-0.3, -0.25) is 14.4 Å². The Bertz CT molecular complexity index is 298. The first-order valence-corrected chi connectivity index (χ1v) is 5.35. The Morgan fingerprint density at radius 1 is 1.59 bits per heavy atom. The van der Waals surface area contributed by atoms with E-state index in [0.29, 0.717) is 19.5 Å². The molecule has 0 unspecified atom stereocenters. The molecule has 1 rings (SSSR count). The van der Waals surface area contributed by atoms with Crippen LogP contribution < -0.4 is 5.32 Å². The van der Waals surface area contributed by atoms with Crippen LogP contribution in [0.4, 0.5) is 0 Å². The maximum atomic E-state index is 11.1. The number of carbonyl (C=O) groups is 3. The van der Waals surface area contributed by atoms with Gasteiger partial charge in [-0.15, -0.1) is 0 Å². The molecule has 96 valence electrons. The van der Waals surface area contributed by atoms with Gasteiger partial charge in [0.25, 0.3) is 5.97 Å². The second-order valence-electron chi connectivity index (χ2n) is 3.50. The molecule has 0 aromatic heterocycles. The summed E-state index contributed by atoms with van der Waals surface area (Å²) in [6, 6.07) is 0. The molecule has 2 N–H and O–H groups in total. The van der Waals surface area contributed by atoms with Crippen LogP contribution in [0.1, 0.15) is 19.8 Å². The molecule has 0 radical (unpaired) electrons. The Morgan fingerprint density at radius 2 is 2.18 bits per heavy atom. The quantitative estimate of drug-likeness (QED) is 0.679. The topological polar surface area (TPSA) is 86.7 Å². The second kappa shape index (κ2) is 8.32. The lowest BCUT2D eigenvalue weighted by atomic mass is 10.4. The van der Waals surface area contributed by atoms with Gasteiger partial charge in [0.05, 0.1) is 0 Å². The Morgan fingerprint density at radius 3 is 2.59 bits per heavy atom.